The second-order valence-corrected chi connectivity index (χ2v) is 13.6. The summed E-state index contributed by atoms with van der Waals surface area (Å²) in [6.07, 6.45) is 6.43. The van der Waals surface area contributed by atoms with E-state index in [9.17, 15) is 33.8 Å². The largest absolute Gasteiger partial charge is 0.492 e. The Morgan fingerprint density at radius 3 is 1.89 bits per heavy atom. The van der Waals surface area contributed by atoms with Crippen LogP contribution < -0.4 is 36.0 Å². The van der Waals surface area contributed by atoms with Crippen LogP contribution in [0, 0.1) is 11.6 Å². The van der Waals surface area contributed by atoms with Crippen molar-refractivity contribution in [1.82, 2.24) is 19.8 Å². The highest BCUT2D eigenvalue weighted by Gasteiger charge is 2.32. The molecule has 0 bridgehead atoms. The fraction of sp³-hybridized carbons (Fsp3) is 0.444. The molecule has 54 heavy (non-hydrogen) atoms. The minimum absolute atomic E-state index is 0. The average Bonchev–Trinajstić information content (AvgIpc) is 4.04. The molecule has 4 heterocycles. The standard InChI is InChI=1S/C19H22FN3O4.C17H18FN3O3.2ClH.H2O/c1-10-8-22(6-5-21-10)16-14(20)7-12-15(18(16)27-2)23(11-3-4-11)9-13(17(12)24)19(25)26;18-13-7-11-14(8-15(13)20-5-3-19-4-6-20)21(10-1-2-10)9-12(16(11)22)17(23)24;;;/h7,9-11,21H,3-6,8H2,1-2H3,(H,25,26);7-10,19H,1-6H2,(H,23,24);2*1H;1H2. The molecule has 2 saturated heterocycles. The molecular weight excluding hydrogens is 753 g/mol. The lowest BCUT2D eigenvalue weighted by molar-refractivity contribution is 0.0684. The lowest BCUT2D eigenvalue weighted by Crippen LogP contribution is -2.49. The van der Waals surface area contributed by atoms with Gasteiger partial charge in [0.2, 0.25) is 10.9 Å². The maximum atomic E-state index is 15.1. The zero-order valence-corrected chi connectivity index (χ0v) is 31.3. The normalized spacial score (nSPS) is 18.1. The first-order chi connectivity index (χ1) is 24.5. The predicted octanol–water partition coefficient (Wildman–Crippen LogP) is 3.58. The second kappa shape index (κ2) is 16.9. The Labute approximate surface area is 320 Å². The van der Waals surface area contributed by atoms with E-state index in [1.807, 2.05) is 21.3 Å². The van der Waals surface area contributed by atoms with Gasteiger partial charge >= 0.3 is 11.9 Å². The molecule has 6 N–H and O–H groups in total. The van der Waals surface area contributed by atoms with E-state index in [4.69, 9.17) is 4.74 Å². The van der Waals surface area contributed by atoms with E-state index >= 15 is 4.39 Å². The van der Waals surface area contributed by atoms with Gasteiger partial charge < -0.3 is 50.0 Å². The molecule has 2 aliphatic carbocycles. The van der Waals surface area contributed by atoms with Crippen LogP contribution in [0.15, 0.2) is 40.2 Å². The lowest BCUT2D eigenvalue weighted by atomic mass is 10.1. The fourth-order valence-corrected chi connectivity index (χ4v) is 7.17. The van der Waals surface area contributed by atoms with Crippen LogP contribution in [0.1, 0.15) is 65.4 Å². The van der Waals surface area contributed by atoms with Gasteiger partial charge in [-0.3, -0.25) is 9.59 Å². The molecule has 18 heteroatoms. The number of carbonyl (C=O) groups is 2. The van der Waals surface area contributed by atoms with E-state index < -0.39 is 34.4 Å². The highest BCUT2D eigenvalue weighted by Crippen LogP contribution is 2.44. The molecule has 2 aromatic heterocycles. The molecular formula is C36H44Cl2F2N6O8. The highest BCUT2D eigenvalue weighted by molar-refractivity contribution is 5.97. The second-order valence-electron chi connectivity index (χ2n) is 13.6. The van der Waals surface area contributed by atoms with Crippen LogP contribution in [0.3, 0.4) is 0 Å². The van der Waals surface area contributed by atoms with Crippen molar-refractivity contribution < 1.29 is 38.8 Å². The van der Waals surface area contributed by atoms with Gasteiger partial charge in [-0.25, -0.2) is 18.4 Å². The molecule has 0 amide bonds. The molecule has 1 unspecified atom stereocenters. The number of ether oxygens (including phenoxy) is 1. The van der Waals surface area contributed by atoms with Gasteiger partial charge in [-0.2, -0.15) is 0 Å². The number of pyridine rings is 2. The summed E-state index contributed by atoms with van der Waals surface area (Å²) in [5.41, 5.74) is -0.0776. The van der Waals surface area contributed by atoms with E-state index in [1.165, 1.54) is 25.6 Å². The Kier molecular flexibility index (Phi) is 13.2. The lowest BCUT2D eigenvalue weighted by Gasteiger charge is -2.35. The Morgan fingerprint density at radius 2 is 1.33 bits per heavy atom. The van der Waals surface area contributed by atoms with Crippen molar-refractivity contribution in [3.8, 4) is 5.75 Å². The first-order valence-corrected chi connectivity index (χ1v) is 17.2. The molecule has 2 saturated carbocycles. The summed E-state index contributed by atoms with van der Waals surface area (Å²) in [4.78, 5) is 51.8. The molecule has 14 nitrogen and oxygen atoms in total. The number of anilines is 2. The number of carboxylic acids is 2. The van der Waals surface area contributed by atoms with Crippen LogP contribution in [0.5, 0.6) is 5.75 Å². The summed E-state index contributed by atoms with van der Waals surface area (Å²) >= 11 is 0. The number of aromatic nitrogens is 2. The molecule has 1 atom stereocenters. The Balaban J connectivity index is 0.000000229. The maximum absolute atomic E-state index is 15.1. The fourth-order valence-electron chi connectivity index (χ4n) is 7.17. The third kappa shape index (κ3) is 7.98. The van der Waals surface area contributed by atoms with E-state index in [2.05, 4.69) is 10.6 Å². The summed E-state index contributed by atoms with van der Waals surface area (Å²) in [5, 5.41) is 25.4. The minimum Gasteiger partial charge on any atom is -0.492 e. The van der Waals surface area contributed by atoms with Gasteiger partial charge in [0.05, 0.1) is 29.2 Å². The number of hydrogen-bond donors (Lipinski definition) is 4. The smallest absolute Gasteiger partial charge is 0.341 e. The molecule has 0 spiro atoms. The number of aromatic carboxylic acids is 2. The van der Waals surface area contributed by atoms with E-state index in [1.54, 1.807) is 10.6 Å². The van der Waals surface area contributed by atoms with E-state index in [-0.39, 0.29) is 70.3 Å². The number of rotatable bonds is 7. The van der Waals surface area contributed by atoms with E-state index in [0.717, 1.165) is 51.4 Å². The summed E-state index contributed by atoms with van der Waals surface area (Å²) in [5.74, 6) is -3.35. The van der Waals surface area contributed by atoms with Crippen molar-refractivity contribution >= 4 is 69.9 Å². The first-order valence-electron chi connectivity index (χ1n) is 17.2. The number of piperazine rings is 2. The van der Waals surface area contributed by atoms with Gasteiger partial charge in [-0.1, -0.05) is 0 Å². The summed E-state index contributed by atoms with van der Waals surface area (Å²) in [6, 6.07) is 4.53. The number of methoxy groups -OCH3 is 1. The van der Waals surface area contributed by atoms with Gasteiger partial charge in [-0.15, -0.1) is 24.8 Å². The van der Waals surface area contributed by atoms with Crippen LogP contribution in [0.4, 0.5) is 20.2 Å². The minimum atomic E-state index is -1.31. The van der Waals surface area contributed by atoms with Crippen LogP contribution in [-0.2, 0) is 0 Å². The molecule has 2 aliphatic heterocycles. The van der Waals surface area contributed by atoms with E-state index in [0.29, 0.717) is 54.3 Å². The molecule has 4 aliphatic rings. The predicted molar refractivity (Wildman–Crippen MR) is 206 cm³/mol. The van der Waals surface area contributed by atoms with Crippen LogP contribution >= 0.6 is 24.8 Å². The third-order valence-corrected chi connectivity index (χ3v) is 9.99. The Morgan fingerprint density at radius 1 is 0.796 bits per heavy atom. The summed E-state index contributed by atoms with van der Waals surface area (Å²) < 4.78 is 38.9. The van der Waals surface area contributed by atoms with Gasteiger partial charge in [-0.05, 0) is 50.8 Å². The third-order valence-electron chi connectivity index (χ3n) is 9.99. The Hall–Kier alpha value is -4.48. The van der Waals surface area contributed by atoms with Crippen molar-refractivity contribution in [3.05, 3.63) is 73.8 Å². The first kappa shape index (κ1) is 42.3. The number of nitrogens with zero attached hydrogens (tertiary/aromatic N) is 4. The van der Waals surface area contributed by atoms with Gasteiger partial charge in [0.15, 0.2) is 11.6 Å². The van der Waals surface area contributed by atoms with Crippen molar-refractivity contribution in [3.63, 3.8) is 0 Å². The monoisotopic (exact) mass is 796 g/mol. The number of carboxylic acid groups (broad SMARTS) is 2. The number of hydrogen-bond acceptors (Lipinski definition) is 9. The quantitative estimate of drug-likeness (QED) is 0.214. The molecule has 8 rings (SSSR count). The van der Waals surface area contributed by atoms with Crippen LogP contribution in [-0.4, -0.2) is 95.7 Å². The number of fused-ring (bicyclic) bond motifs is 2. The van der Waals surface area contributed by atoms with Gasteiger partial charge in [0, 0.05) is 81.7 Å². The van der Waals surface area contributed by atoms with Crippen molar-refractivity contribution in [1.29, 1.82) is 0 Å². The summed E-state index contributed by atoms with van der Waals surface area (Å²) in [7, 11) is 1.45. The van der Waals surface area contributed by atoms with Crippen molar-refractivity contribution in [2.24, 2.45) is 0 Å². The number of benzene rings is 2. The zero-order chi connectivity index (χ0) is 36.1. The molecule has 4 aromatic rings. The number of halogens is 4. The number of nitrogens with one attached hydrogen (secondary N) is 2. The highest BCUT2D eigenvalue weighted by atomic mass is 35.5. The van der Waals surface area contributed by atoms with Crippen LogP contribution in [0.2, 0.25) is 0 Å². The van der Waals surface area contributed by atoms with Crippen molar-refractivity contribution in [2.75, 3.05) is 62.7 Å². The average molecular weight is 798 g/mol. The van der Waals surface area contributed by atoms with Crippen molar-refractivity contribution in [2.45, 2.75) is 50.7 Å². The SMILES string of the molecule is COc1c(N2CCNC(C)C2)c(F)cc2c(=O)c(C(=O)O)cn(C3CC3)c12.Cl.Cl.O.O=C(O)c1cn(C2CC2)c2cc(N3CCNCC3)c(F)cc2c1=O. The topological polar surface area (TPSA) is 190 Å². The molecule has 294 valence electrons. The van der Waals surface area contributed by atoms with Gasteiger partial charge in [0.1, 0.15) is 22.6 Å². The summed E-state index contributed by atoms with van der Waals surface area (Å²) in [6.45, 7) is 6.93. The van der Waals surface area contributed by atoms with Gasteiger partial charge in [0.25, 0.3) is 0 Å². The zero-order valence-electron chi connectivity index (χ0n) is 29.7. The maximum Gasteiger partial charge on any atom is 0.341 e. The molecule has 2 aromatic carbocycles. The molecule has 4 fully saturated rings. The molecule has 0 radical (unpaired) electrons. The Bertz CT molecular complexity index is 2190. The van der Waals surface area contributed by atoms with Crippen LogP contribution in [0.25, 0.3) is 21.8 Å².